The van der Waals surface area contributed by atoms with Crippen molar-refractivity contribution in [3.05, 3.63) is 36.1 Å². The molecule has 1 aliphatic rings. The molecule has 2 N–H and O–H groups in total. The maximum absolute atomic E-state index is 5.94. The van der Waals surface area contributed by atoms with E-state index in [0.717, 1.165) is 25.2 Å². The van der Waals surface area contributed by atoms with Gasteiger partial charge in [-0.05, 0) is 18.5 Å². The molecule has 1 aromatic heterocycles. The van der Waals surface area contributed by atoms with E-state index in [9.17, 15) is 0 Å². The Morgan fingerprint density at radius 1 is 1.33 bits per heavy atom. The molecule has 0 aliphatic carbocycles. The van der Waals surface area contributed by atoms with Crippen LogP contribution in [0.5, 0.6) is 0 Å². The number of para-hydroxylation sites is 1. The van der Waals surface area contributed by atoms with Crippen molar-refractivity contribution in [2.45, 2.75) is 18.8 Å². The lowest BCUT2D eigenvalue weighted by molar-refractivity contribution is -0.0893. The molecule has 0 radical (unpaired) electrons. The van der Waals surface area contributed by atoms with Crippen LogP contribution in [0, 0.1) is 5.92 Å². The highest BCUT2D eigenvalue weighted by Crippen LogP contribution is 2.44. The summed E-state index contributed by atoms with van der Waals surface area (Å²) >= 11 is 0. The van der Waals surface area contributed by atoms with Gasteiger partial charge in [0.1, 0.15) is 5.58 Å². The Labute approximate surface area is 107 Å². The average Bonchev–Trinajstić information content (AvgIpc) is 2.78. The molecular weight excluding hydrogens is 226 g/mol. The fourth-order valence-electron chi connectivity index (χ4n) is 3.08. The highest BCUT2D eigenvalue weighted by Gasteiger charge is 2.47. The lowest BCUT2D eigenvalue weighted by atomic mass is 9.67. The van der Waals surface area contributed by atoms with Crippen LogP contribution in [0.4, 0.5) is 0 Å². The summed E-state index contributed by atoms with van der Waals surface area (Å²) in [5, 5.41) is 1.20. The van der Waals surface area contributed by atoms with Crippen LogP contribution in [0.25, 0.3) is 11.0 Å². The van der Waals surface area contributed by atoms with Crippen molar-refractivity contribution in [3.8, 4) is 0 Å². The van der Waals surface area contributed by atoms with Crippen molar-refractivity contribution in [2.24, 2.45) is 11.7 Å². The van der Waals surface area contributed by atoms with Gasteiger partial charge in [0, 0.05) is 16.4 Å². The largest absolute Gasteiger partial charge is 0.464 e. The van der Waals surface area contributed by atoms with E-state index in [0.29, 0.717) is 12.5 Å². The molecule has 1 aliphatic heterocycles. The summed E-state index contributed by atoms with van der Waals surface area (Å²) in [5.74, 6) is 0.451. The summed E-state index contributed by atoms with van der Waals surface area (Å²) in [6.07, 6.45) is 2.96. The average molecular weight is 245 g/mol. The van der Waals surface area contributed by atoms with Crippen molar-refractivity contribution in [1.29, 1.82) is 0 Å². The van der Waals surface area contributed by atoms with Gasteiger partial charge >= 0.3 is 0 Å². The standard InChI is InChI=1S/C15H19NO2/c1-2-11(7-16)15(9-17-10-15)13-8-18-14-6-4-3-5-12(13)14/h3-6,8,11H,2,7,9-10,16H2,1H3. The van der Waals surface area contributed by atoms with E-state index in [2.05, 4.69) is 19.1 Å². The number of hydrogen-bond donors (Lipinski definition) is 1. The third kappa shape index (κ3) is 1.51. The van der Waals surface area contributed by atoms with Crippen molar-refractivity contribution in [2.75, 3.05) is 19.8 Å². The molecule has 0 spiro atoms. The molecule has 1 fully saturated rings. The predicted octanol–water partition coefficient (Wildman–Crippen LogP) is 2.69. The molecule has 1 unspecified atom stereocenters. The van der Waals surface area contributed by atoms with Crippen LogP contribution in [0.15, 0.2) is 34.9 Å². The molecular formula is C15H19NO2. The summed E-state index contributed by atoms with van der Waals surface area (Å²) in [7, 11) is 0. The minimum atomic E-state index is 0.0517. The van der Waals surface area contributed by atoms with Crippen LogP contribution >= 0.6 is 0 Å². The highest BCUT2D eigenvalue weighted by molar-refractivity contribution is 5.82. The van der Waals surface area contributed by atoms with E-state index < -0.39 is 0 Å². The SMILES string of the molecule is CCC(CN)C1(c2coc3ccccc23)COC1. The number of benzene rings is 1. The van der Waals surface area contributed by atoms with Crippen LogP contribution < -0.4 is 5.73 Å². The van der Waals surface area contributed by atoms with Gasteiger partial charge in [-0.3, -0.25) is 0 Å². The van der Waals surface area contributed by atoms with Crippen molar-refractivity contribution >= 4 is 11.0 Å². The summed E-state index contributed by atoms with van der Waals surface area (Å²) in [4.78, 5) is 0. The molecule has 2 heterocycles. The summed E-state index contributed by atoms with van der Waals surface area (Å²) < 4.78 is 11.2. The molecule has 0 bridgehead atoms. The van der Waals surface area contributed by atoms with E-state index in [1.165, 1.54) is 10.9 Å². The first-order valence-electron chi connectivity index (χ1n) is 6.56. The second-order valence-corrected chi connectivity index (χ2v) is 5.14. The van der Waals surface area contributed by atoms with E-state index in [1.54, 1.807) is 0 Å². The number of fused-ring (bicyclic) bond motifs is 1. The van der Waals surface area contributed by atoms with E-state index in [1.807, 2.05) is 18.4 Å². The van der Waals surface area contributed by atoms with Crippen molar-refractivity contribution in [1.82, 2.24) is 0 Å². The lowest BCUT2D eigenvalue weighted by Crippen LogP contribution is -2.54. The fourth-order valence-corrected chi connectivity index (χ4v) is 3.08. The van der Waals surface area contributed by atoms with E-state index in [-0.39, 0.29) is 5.41 Å². The van der Waals surface area contributed by atoms with Crippen LogP contribution in [0.3, 0.4) is 0 Å². The fraction of sp³-hybridized carbons (Fsp3) is 0.467. The van der Waals surface area contributed by atoms with Gasteiger partial charge in [-0.2, -0.15) is 0 Å². The zero-order valence-corrected chi connectivity index (χ0v) is 10.7. The topological polar surface area (TPSA) is 48.4 Å². The molecule has 2 aromatic rings. The Balaban J connectivity index is 2.11. The Morgan fingerprint density at radius 2 is 2.11 bits per heavy atom. The Morgan fingerprint density at radius 3 is 2.72 bits per heavy atom. The highest BCUT2D eigenvalue weighted by atomic mass is 16.5. The molecule has 18 heavy (non-hydrogen) atoms. The quantitative estimate of drug-likeness (QED) is 0.901. The number of furan rings is 1. The Hall–Kier alpha value is -1.32. The van der Waals surface area contributed by atoms with Crippen LogP contribution in [-0.2, 0) is 10.2 Å². The summed E-state index contributed by atoms with van der Waals surface area (Å²) in [5.41, 5.74) is 8.21. The van der Waals surface area contributed by atoms with Gasteiger partial charge in [-0.15, -0.1) is 0 Å². The van der Waals surface area contributed by atoms with Crippen molar-refractivity contribution < 1.29 is 9.15 Å². The van der Waals surface area contributed by atoms with Gasteiger partial charge in [0.15, 0.2) is 0 Å². The number of rotatable bonds is 4. The van der Waals surface area contributed by atoms with Crippen LogP contribution in [0.1, 0.15) is 18.9 Å². The molecule has 0 saturated carbocycles. The molecule has 1 aromatic carbocycles. The Bertz CT molecular complexity index is 538. The summed E-state index contributed by atoms with van der Waals surface area (Å²) in [6.45, 7) is 4.40. The molecule has 3 heteroatoms. The van der Waals surface area contributed by atoms with E-state index in [4.69, 9.17) is 14.9 Å². The zero-order chi connectivity index (χ0) is 12.6. The van der Waals surface area contributed by atoms with Gasteiger partial charge < -0.3 is 14.9 Å². The van der Waals surface area contributed by atoms with Crippen molar-refractivity contribution in [3.63, 3.8) is 0 Å². The molecule has 96 valence electrons. The monoisotopic (exact) mass is 245 g/mol. The predicted molar refractivity (Wildman–Crippen MR) is 71.5 cm³/mol. The van der Waals surface area contributed by atoms with Gasteiger partial charge in [0.05, 0.1) is 19.5 Å². The first-order valence-corrected chi connectivity index (χ1v) is 6.56. The molecule has 1 atom stereocenters. The lowest BCUT2D eigenvalue weighted by Gasteiger charge is -2.46. The van der Waals surface area contributed by atoms with Crippen LogP contribution in [0.2, 0.25) is 0 Å². The molecule has 0 amide bonds. The minimum absolute atomic E-state index is 0.0517. The van der Waals surface area contributed by atoms with Gasteiger partial charge in [-0.1, -0.05) is 31.5 Å². The number of hydrogen-bond acceptors (Lipinski definition) is 3. The molecule has 3 rings (SSSR count). The molecule has 3 nitrogen and oxygen atoms in total. The van der Waals surface area contributed by atoms with Gasteiger partial charge in [-0.25, -0.2) is 0 Å². The smallest absolute Gasteiger partial charge is 0.134 e. The minimum Gasteiger partial charge on any atom is -0.464 e. The third-order valence-electron chi connectivity index (χ3n) is 4.30. The first-order chi connectivity index (χ1) is 8.81. The summed E-state index contributed by atoms with van der Waals surface area (Å²) in [6, 6.07) is 8.19. The van der Waals surface area contributed by atoms with E-state index >= 15 is 0 Å². The van der Waals surface area contributed by atoms with Gasteiger partial charge in [0.2, 0.25) is 0 Å². The zero-order valence-electron chi connectivity index (χ0n) is 10.7. The first kappa shape index (κ1) is 11.8. The normalized spacial score (nSPS) is 19.7. The Kier molecular flexibility index (Phi) is 2.88. The maximum Gasteiger partial charge on any atom is 0.134 e. The third-order valence-corrected chi connectivity index (χ3v) is 4.30. The second kappa shape index (κ2) is 4.41. The number of nitrogens with two attached hydrogens (primary N) is 1. The van der Waals surface area contributed by atoms with Gasteiger partial charge in [0.25, 0.3) is 0 Å². The second-order valence-electron chi connectivity index (χ2n) is 5.14. The van der Waals surface area contributed by atoms with Crippen LogP contribution in [-0.4, -0.2) is 19.8 Å². The maximum atomic E-state index is 5.94. The molecule has 1 saturated heterocycles. The number of ether oxygens (including phenoxy) is 1.